The molecule has 0 unspecified atom stereocenters. The van der Waals surface area contributed by atoms with Gasteiger partial charge in [-0.2, -0.15) is 0 Å². The lowest BCUT2D eigenvalue weighted by molar-refractivity contribution is 0.357. The van der Waals surface area contributed by atoms with Crippen molar-refractivity contribution in [3.63, 3.8) is 0 Å². The van der Waals surface area contributed by atoms with Crippen molar-refractivity contribution in [1.82, 2.24) is 9.97 Å². The number of allylic oxidation sites excluding steroid dienone is 2. The Morgan fingerprint density at radius 3 is 2.75 bits per heavy atom. The van der Waals surface area contributed by atoms with Crippen LogP contribution in [0.15, 0.2) is 79.8 Å². The van der Waals surface area contributed by atoms with Crippen LogP contribution < -0.4 is 4.74 Å². The highest BCUT2D eigenvalue weighted by molar-refractivity contribution is 5.66. The number of ether oxygens (including phenoxy) is 1. The topological polar surface area (TPSA) is 35.0 Å². The second-order valence-corrected chi connectivity index (χ2v) is 4.06. The Morgan fingerprint density at radius 2 is 2.05 bits per heavy atom. The van der Waals surface area contributed by atoms with E-state index in [0.717, 1.165) is 22.6 Å². The molecule has 0 amide bonds. The van der Waals surface area contributed by atoms with Gasteiger partial charge in [0, 0.05) is 11.8 Å². The van der Waals surface area contributed by atoms with E-state index in [2.05, 4.69) is 23.1 Å². The number of nitrogens with zero attached hydrogens (tertiary/aromatic N) is 2. The Morgan fingerprint density at radius 1 is 1.20 bits per heavy atom. The molecule has 0 aliphatic rings. The molecule has 0 N–H and O–H groups in total. The summed E-state index contributed by atoms with van der Waals surface area (Å²) >= 11 is 0. The molecule has 0 fully saturated rings. The summed E-state index contributed by atoms with van der Waals surface area (Å²) < 4.78 is 5.85. The van der Waals surface area contributed by atoms with Crippen molar-refractivity contribution in [1.29, 1.82) is 0 Å². The van der Waals surface area contributed by atoms with Crippen LogP contribution in [0.25, 0.3) is 11.3 Å². The molecule has 0 spiro atoms. The molecule has 1 aromatic carbocycles. The van der Waals surface area contributed by atoms with E-state index in [-0.39, 0.29) is 0 Å². The molecule has 1 heterocycles. The summed E-state index contributed by atoms with van der Waals surface area (Å²) in [4.78, 5) is 8.18. The van der Waals surface area contributed by atoms with Gasteiger partial charge in [0.1, 0.15) is 18.7 Å². The lowest BCUT2D eigenvalue weighted by Crippen LogP contribution is -2.01. The maximum atomic E-state index is 5.85. The van der Waals surface area contributed by atoms with E-state index in [0.29, 0.717) is 6.61 Å². The van der Waals surface area contributed by atoms with Gasteiger partial charge in [0.15, 0.2) is 0 Å². The molecule has 0 aliphatic heterocycles. The first-order chi connectivity index (χ1) is 9.85. The van der Waals surface area contributed by atoms with Crippen LogP contribution in [-0.4, -0.2) is 16.6 Å². The van der Waals surface area contributed by atoms with Crippen LogP contribution in [0.5, 0.6) is 5.75 Å². The normalized spacial score (nSPS) is 10.9. The van der Waals surface area contributed by atoms with Crippen molar-refractivity contribution in [2.24, 2.45) is 0 Å². The Kier molecular flexibility index (Phi) is 4.84. The van der Waals surface area contributed by atoms with Crippen LogP contribution in [-0.2, 0) is 0 Å². The Hall–Kier alpha value is -2.68. The largest absolute Gasteiger partial charge is 0.488 e. The minimum absolute atomic E-state index is 0.442. The van der Waals surface area contributed by atoms with Gasteiger partial charge >= 0.3 is 0 Å². The molecule has 3 nitrogen and oxygen atoms in total. The lowest BCUT2D eigenvalue weighted by atomic mass is 10.1. The summed E-state index contributed by atoms with van der Waals surface area (Å²) in [6.07, 6.45) is 8.59. The second kappa shape index (κ2) is 7.04. The van der Waals surface area contributed by atoms with E-state index in [4.69, 9.17) is 4.74 Å². The Balaban J connectivity index is 2.23. The van der Waals surface area contributed by atoms with Crippen molar-refractivity contribution in [3.05, 3.63) is 79.8 Å². The van der Waals surface area contributed by atoms with Crippen LogP contribution in [0, 0.1) is 0 Å². The fraction of sp³-hybridized carbons (Fsp3) is 0.0588. The van der Waals surface area contributed by atoms with Gasteiger partial charge in [-0.05, 0) is 23.8 Å². The van der Waals surface area contributed by atoms with E-state index >= 15 is 0 Å². The summed E-state index contributed by atoms with van der Waals surface area (Å²) in [5.41, 5.74) is 2.75. The van der Waals surface area contributed by atoms with Gasteiger partial charge in [0.25, 0.3) is 0 Å². The van der Waals surface area contributed by atoms with Gasteiger partial charge in [0.2, 0.25) is 0 Å². The van der Waals surface area contributed by atoms with Crippen molar-refractivity contribution in [2.45, 2.75) is 0 Å². The maximum Gasteiger partial charge on any atom is 0.129 e. The molecule has 3 heteroatoms. The molecule has 0 aliphatic carbocycles. The molecule has 0 saturated heterocycles. The quantitative estimate of drug-likeness (QED) is 0.744. The van der Waals surface area contributed by atoms with E-state index in [1.54, 1.807) is 18.3 Å². The van der Waals surface area contributed by atoms with Gasteiger partial charge < -0.3 is 4.74 Å². The third kappa shape index (κ3) is 3.42. The van der Waals surface area contributed by atoms with E-state index < -0.39 is 0 Å². The van der Waals surface area contributed by atoms with Gasteiger partial charge in [-0.15, -0.1) is 0 Å². The predicted molar refractivity (Wildman–Crippen MR) is 81.4 cm³/mol. The second-order valence-electron chi connectivity index (χ2n) is 4.06. The summed E-state index contributed by atoms with van der Waals surface area (Å²) in [6.45, 7) is 7.87. The Bertz CT molecular complexity index is 618. The molecule has 100 valence electrons. The lowest BCUT2D eigenvalue weighted by Gasteiger charge is -2.11. The third-order valence-corrected chi connectivity index (χ3v) is 2.73. The SMILES string of the molecule is C=C/C=C(\C=C)COc1ccccc1-c1ccncn1. The van der Waals surface area contributed by atoms with Crippen molar-refractivity contribution >= 4 is 0 Å². The molecule has 2 aromatic rings. The molecular weight excluding hydrogens is 248 g/mol. The zero-order chi connectivity index (χ0) is 14.2. The number of benzene rings is 1. The van der Waals surface area contributed by atoms with Crippen LogP contribution in [0.4, 0.5) is 0 Å². The van der Waals surface area contributed by atoms with E-state index in [1.807, 2.05) is 36.4 Å². The number of hydrogen-bond acceptors (Lipinski definition) is 3. The van der Waals surface area contributed by atoms with Gasteiger partial charge in [-0.1, -0.05) is 43.5 Å². The standard InChI is InChI=1S/C17H16N2O/c1-3-7-14(4-2)12-20-17-9-6-5-8-15(17)16-10-11-18-13-19-16/h3-11,13H,1-2,12H2/b14-7+. The van der Waals surface area contributed by atoms with Crippen LogP contribution >= 0.6 is 0 Å². The number of para-hydroxylation sites is 1. The van der Waals surface area contributed by atoms with Crippen LogP contribution in [0.2, 0.25) is 0 Å². The molecule has 0 saturated carbocycles. The molecule has 20 heavy (non-hydrogen) atoms. The summed E-state index contributed by atoms with van der Waals surface area (Å²) in [6, 6.07) is 9.65. The number of rotatable bonds is 6. The number of hydrogen-bond donors (Lipinski definition) is 0. The summed E-state index contributed by atoms with van der Waals surface area (Å²) in [7, 11) is 0. The fourth-order valence-electron chi connectivity index (χ4n) is 1.74. The smallest absolute Gasteiger partial charge is 0.129 e. The highest BCUT2D eigenvalue weighted by Crippen LogP contribution is 2.28. The average molecular weight is 264 g/mol. The van der Waals surface area contributed by atoms with Gasteiger partial charge in [0.05, 0.1) is 5.69 Å². The molecular formula is C17H16N2O. The van der Waals surface area contributed by atoms with Crippen LogP contribution in [0.1, 0.15) is 0 Å². The molecule has 0 bridgehead atoms. The Labute approximate surface area is 119 Å². The monoisotopic (exact) mass is 264 g/mol. The molecule has 0 radical (unpaired) electrons. The maximum absolute atomic E-state index is 5.85. The average Bonchev–Trinajstić information content (AvgIpc) is 2.52. The zero-order valence-electron chi connectivity index (χ0n) is 11.2. The van der Waals surface area contributed by atoms with Crippen molar-refractivity contribution in [3.8, 4) is 17.0 Å². The van der Waals surface area contributed by atoms with Gasteiger partial charge in [-0.3, -0.25) is 0 Å². The first-order valence-corrected chi connectivity index (χ1v) is 6.27. The number of aromatic nitrogens is 2. The first-order valence-electron chi connectivity index (χ1n) is 6.27. The minimum Gasteiger partial charge on any atom is -0.488 e. The zero-order valence-corrected chi connectivity index (χ0v) is 11.2. The fourth-order valence-corrected chi connectivity index (χ4v) is 1.74. The first kappa shape index (κ1) is 13.7. The predicted octanol–water partition coefficient (Wildman–Crippen LogP) is 3.82. The molecule has 1 aromatic heterocycles. The van der Waals surface area contributed by atoms with Crippen molar-refractivity contribution < 1.29 is 4.74 Å². The van der Waals surface area contributed by atoms with Gasteiger partial charge in [-0.25, -0.2) is 9.97 Å². The highest BCUT2D eigenvalue weighted by Gasteiger charge is 2.06. The summed E-state index contributed by atoms with van der Waals surface area (Å²) in [5, 5.41) is 0. The van der Waals surface area contributed by atoms with E-state index in [1.165, 1.54) is 6.33 Å². The highest BCUT2D eigenvalue weighted by atomic mass is 16.5. The van der Waals surface area contributed by atoms with Crippen LogP contribution in [0.3, 0.4) is 0 Å². The molecule has 2 rings (SSSR count). The third-order valence-electron chi connectivity index (χ3n) is 2.73. The summed E-state index contributed by atoms with van der Waals surface area (Å²) in [5.74, 6) is 0.781. The minimum atomic E-state index is 0.442. The van der Waals surface area contributed by atoms with E-state index in [9.17, 15) is 0 Å². The molecule has 0 atom stereocenters. The van der Waals surface area contributed by atoms with Crippen molar-refractivity contribution in [2.75, 3.05) is 6.61 Å².